The molecule has 6 atom stereocenters. The summed E-state index contributed by atoms with van der Waals surface area (Å²) in [5.41, 5.74) is 0.798. The maximum Gasteiger partial charge on any atom is 0.247 e. The molecule has 5 rings (SSSR count). The molecule has 50 heavy (non-hydrogen) atoms. The van der Waals surface area contributed by atoms with E-state index < -0.39 is 39.0 Å². The minimum Gasteiger partial charge on any atom is -0.494 e. The van der Waals surface area contributed by atoms with Gasteiger partial charge in [0.15, 0.2) is 0 Å². The molecule has 2 unspecified atom stereocenters. The van der Waals surface area contributed by atoms with Gasteiger partial charge < -0.3 is 24.5 Å². The van der Waals surface area contributed by atoms with Gasteiger partial charge in [0.2, 0.25) is 17.7 Å². The van der Waals surface area contributed by atoms with Gasteiger partial charge in [0.1, 0.15) is 11.8 Å². The summed E-state index contributed by atoms with van der Waals surface area (Å²) < 4.78 is 4.22. The van der Waals surface area contributed by atoms with Crippen molar-refractivity contribution in [3.63, 3.8) is 0 Å². The highest BCUT2D eigenvalue weighted by molar-refractivity contribution is 8.02. The molecule has 2 aromatic rings. The molecular formula is C41H55N3O5S. The standard InChI is InChI=1S/C41H55N3O5S/c1-10-24-42(29-18-20-30(21-19-29)49-12-3)35(46)32-33-36(47)44(31(26-45)28-16-14-13-15-17-28)34(41(33)23-22-40(32,9)50-41)37(48)43(25-11-2)39(7,8)27-38(4,5)6/h10-11,13-21,31-34,45H,1-2,12,22-27H2,3-9H3/t31-,32-,33+,34?,40+,41?/m1/s1. The molecule has 2 bridgehead atoms. The first-order valence-electron chi connectivity index (χ1n) is 17.8. The summed E-state index contributed by atoms with van der Waals surface area (Å²) in [6.07, 6.45) is 5.46. The van der Waals surface area contributed by atoms with E-state index in [1.54, 1.807) is 33.7 Å². The molecule has 3 amide bonds. The smallest absolute Gasteiger partial charge is 0.247 e. The second kappa shape index (κ2) is 14.2. The van der Waals surface area contributed by atoms with Crippen LogP contribution in [0.2, 0.25) is 0 Å². The van der Waals surface area contributed by atoms with Crippen LogP contribution in [0.5, 0.6) is 5.75 Å². The monoisotopic (exact) mass is 701 g/mol. The van der Waals surface area contributed by atoms with Crippen LogP contribution in [0.25, 0.3) is 0 Å². The Morgan fingerprint density at radius 3 is 2.22 bits per heavy atom. The van der Waals surface area contributed by atoms with E-state index in [0.717, 1.165) is 12.0 Å². The highest BCUT2D eigenvalue weighted by Gasteiger charge is 2.78. The number of hydrogen-bond donors (Lipinski definition) is 1. The van der Waals surface area contributed by atoms with Crippen molar-refractivity contribution in [1.29, 1.82) is 0 Å². The van der Waals surface area contributed by atoms with E-state index in [4.69, 9.17) is 4.74 Å². The minimum atomic E-state index is -0.889. The molecule has 1 N–H and O–H groups in total. The van der Waals surface area contributed by atoms with Gasteiger partial charge in [-0.2, -0.15) is 0 Å². The molecule has 2 aromatic carbocycles. The van der Waals surface area contributed by atoms with Crippen LogP contribution in [-0.2, 0) is 14.4 Å². The Bertz CT molecular complexity index is 1590. The number of carbonyl (C=O) groups excluding carboxylic acids is 3. The summed E-state index contributed by atoms with van der Waals surface area (Å²) in [4.78, 5) is 50.8. The molecule has 0 radical (unpaired) electrons. The second-order valence-electron chi connectivity index (χ2n) is 16.0. The third kappa shape index (κ3) is 6.63. The van der Waals surface area contributed by atoms with Crippen molar-refractivity contribution < 1.29 is 24.2 Å². The first-order valence-corrected chi connectivity index (χ1v) is 18.7. The van der Waals surface area contributed by atoms with Crippen LogP contribution in [-0.4, -0.2) is 80.0 Å². The maximum absolute atomic E-state index is 15.4. The average Bonchev–Trinajstić information content (AvgIpc) is 3.63. The summed E-state index contributed by atoms with van der Waals surface area (Å²) in [6.45, 7) is 23.3. The Morgan fingerprint density at radius 2 is 1.66 bits per heavy atom. The van der Waals surface area contributed by atoms with Gasteiger partial charge in [0.05, 0.1) is 35.8 Å². The van der Waals surface area contributed by atoms with Gasteiger partial charge in [-0.15, -0.1) is 24.9 Å². The van der Waals surface area contributed by atoms with Gasteiger partial charge >= 0.3 is 0 Å². The van der Waals surface area contributed by atoms with Gasteiger partial charge in [0.25, 0.3) is 0 Å². The first kappa shape index (κ1) is 37.7. The van der Waals surface area contributed by atoms with Crippen LogP contribution in [0.4, 0.5) is 5.69 Å². The third-order valence-electron chi connectivity index (χ3n) is 10.7. The highest BCUT2D eigenvalue weighted by atomic mass is 32.2. The van der Waals surface area contributed by atoms with E-state index in [9.17, 15) is 9.90 Å². The van der Waals surface area contributed by atoms with Crippen LogP contribution in [0.3, 0.4) is 0 Å². The third-order valence-corrected chi connectivity index (χ3v) is 12.7. The topological polar surface area (TPSA) is 90.4 Å². The van der Waals surface area contributed by atoms with Crippen molar-refractivity contribution in [3.8, 4) is 5.75 Å². The van der Waals surface area contributed by atoms with Crippen molar-refractivity contribution in [3.05, 3.63) is 85.5 Å². The van der Waals surface area contributed by atoms with E-state index in [2.05, 4.69) is 54.7 Å². The van der Waals surface area contributed by atoms with Crippen LogP contribution in [0.15, 0.2) is 79.9 Å². The second-order valence-corrected chi connectivity index (χ2v) is 17.9. The molecule has 3 heterocycles. The van der Waals surface area contributed by atoms with Gasteiger partial charge in [-0.25, -0.2) is 0 Å². The molecule has 9 heteroatoms. The number of fused-ring (bicyclic) bond motifs is 1. The van der Waals surface area contributed by atoms with E-state index in [0.29, 0.717) is 37.4 Å². The fourth-order valence-corrected chi connectivity index (χ4v) is 11.5. The zero-order chi connectivity index (χ0) is 36.6. The number of hydrogen-bond acceptors (Lipinski definition) is 6. The van der Waals surface area contributed by atoms with Crippen molar-refractivity contribution in [2.24, 2.45) is 17.3 Å². The molecule has 0 aromatic heterocycles. The number of thioether (sulfide) groups is 1. The first-order chi connectivity index (χ1) is 23.6. The number of amides is 3. The highest BCUT2D eigenvalue weighted by Crippen LogP contribution is 2.72. The lowest BCUT2D eigenvalue weighted by atomic mass is 9.66. The van der Waals surface area contributed by atoms with Gasteiger partial charge in [-0.05, 0) is 82.2 Å². The number of carbonyl (C=O) groups is 3. The van der Waals surface area contributed by atoms with Gasteiger partial charge in [0, 0.05) is 29.1 Å². The van der Waals surface area contributed by atoms with Crippen molar-refractivity contribution in [1.82, 2.24) is 9.80 Å². The summed E-state index contributed by atoms with van der Waals surface area (Å²) in [7, 11) is 0. The quantitative estimate of drug-likeness (QED) is 0.213. The minimum absolute atomic E-state index is 0.0755. The molecule has 8 nitrogen and oxygen atoms in total. The van der Waals surface area contributed by atoms with Crippen molar-refractivity contribution in [2.75, 3.05) is 31.2 Å². The zero-order valence-electron chi connectivity index (χ0n) is 30.9. The fraction of sp³-hybridized carbons (Fsp3) is 0.537. The van der Waals surface area contributed by atoms with E-state index >= 15 is 9.59 Å². The molecule has 3 aliphatic heterocycles. The summed E-state index contributed by atoms with van der Waals surface area (Å²) >= 11 is 1.64. The summed E-state index contributed by atoms with van der Waals surface area (Å²) in [5.74, 6) is -1.31. The van der Waals surface area contributed by atoms with Crippen LogP contribution < -0.4 is 9.64 Å². The Balaban J connectivity index is 1.65. The number of nitrogens with zero attached hydrogens (tertiary/aromatic N) is 3. The predicted molar refractivity (Wildman–Crippen MR) is 202 cm³/mol. The lowest BCUT2D eigenvalue weighted by Crippen LogP contribution is -2.60. The van der Waals surface area contributed by atoms with Crippen molar-refractivity contribution >= 4 is 35.2 Å². The van der Waals surface area contributed by atoms with Crippen LogP contribution in [0.1, 0.15) is 79.3 Å². The average molecular weight is 702 g/mol. The Morgan fingerprint density at radius 1 is 1.02 bits per heavy atom. The number of benzene rings is 2. The molecule has 0 aliphatic carbocycles. The number of aliphatic hydroxyl groups is 1. The molecular weight excluding hydrogens is 647 g/mol. The van der Waals surface area contributed by atoms with E-state index in [-0.39, 0.29) is 36.3 Å². The van der Waals surface area contributed by atoms with E-state index in [1.807, 2.05) is 66.4 Å². The molecule has 1 spiro atoms. The van der Waals surface area contributed by atoms with Crippen LogP contribution >= 0.6 is 11.8 Å². The van der Waals surface area contributed by atoms with Gasteiger partial charge in [-0.3, -0.25) is 14.4 Å². The number of rotatable bonds is 14. The summed E-state index contributed by atoms with van der Waals surface area (Å²) in [6, 6.07) is 15.2. The molecule has 270 valence electrons. The summed E-state index contributed by atoms with van der Waals surface area (Å²) in [5, 5.41) is 11.0. The largest absolute Gasteiger partial charge is 0.494 e. The lowest BCUT2D eigenvalue weighted by molar-refractivity contribution is -0.149. The lowest BCUT2D eigenvalue weighted by Gasteiger charge is -2.46. The molecule has 0 saturated carbocycles. The van der Waals surface area contributed by atoms with Crippen molar-refractivity contribution in [2.45, 2.75) is 94.8 Å². The predicted octanol–water partition coefficient (Wildman–Crippen LogP) is 7.05. The molecule has 3 fully saturated rings. The maximum atomic E-state index is 15.4. The Labute approximate surface area is 302 Å². The number of ether oxygens (including phenoxy) is 1. The normalized spacial score (nSPS) is 26.4. The number of anilines is 1. The van der Waals surface area contributed by atoms with E-state index in [1.165, 1.54) is 0 Å². The Kier molecular flexibility index (Phi) is 10.7. The zero-order valence-corrected chi connectivity index (χ0v) is 31.7. The number of likely N-dealkylation sites (tertiary alicyclic amines) is 1. The van der Waals surface area contributed by atoms with Crippen LogP contribution in [0, 0.1) is 17.3 Å². The van der Waals surface area contributed by atoms with Gasteiger partial charge in [-0.1, -0.05) is 63.3 Å². The number of aliphatic hydroxyl groups excluding tert-OH is 1. The molecule has 3 saturated heterocycles. The molecule has 3 aliphatic rings. The Hall–Kier alpha value is -3.56. The fourth-order valence-electron chi connectivity index (χ4n) is 9.20. The SMILES string of the molecule is C=CCN(C(=O)[C@H]1[C@H]2C(=O)N([C@H](CO)c3ccccc3)C(C(=O)N(CC=C)C(C)(C)CC(C)(C)C)C23CC[C@]1(C)S3)c1ccc(OCC)cc1.